The fourth-order valence-electron chi connectivity index (χ4n) is 2.31. The number of thiazole rings is 1. The lowest BCUT2D eigenvalue weighted by Crippen LogP contribution is -2.28. The first kappa shape index (κ1) is 17.6. The molecule has 0 saturated heterocycles. The van der Waals surface area contributed by atoms with E-state index in [9.17, 15) is 9.18 Å². The van der Waals surface area contributed by atoms with Crippen molar-refractivity contribution in [3.8, 4) is 11.3 Å². The molecule has 3 aromatic rings. The van der Waals surface area contributed by atoms with Gasteiger partial charge in [-0.15, -0.1) is 11.3 Å². The summed E-state index contributed by atoms with van der Waals surface area (Å²) < 4.78 is 13.8. The molecule has 0 radical (unpaired) electrons. The molecule has 2 aromatic carbocycles. The Morgan fingerprint density at radius 3 is 2.64 bits per heavy atom. The van der Waals surface area contributed by atoms with Gasteiger partial charge in [-0.25, -0.2) is 9.37 Å². The molecule has 3 rings (SSSR count). The number of thioether (sulfide) groups is 1. The minimum Gasteiger partial charge on any atom is -0.349 e. The van der Waals surface area contributed by atoms with Crippen LogP contribution in [0.4, 0.5) is 4.39 Å². The maximum absolute atomic E-state index is 13.0. The summed E-state index contributed by atoms with van der Waals surface area (Å²) in [6, 6.07) is 16.1. The van der Waals surface area contributed by atoms with E-state index in [-0.39, 0.29) is 17.8 Å². The molecule has 0 aliphatic carbocycles. The van der Waals surface area contributed by atoms with E-state index < -0.39 is 0 Å². The second kappa shape index (κ2) is 8.27. The summed E-state index contributed by atoms with van der Waals surface area (Å²) >= 11 is 2.89. The Bertz CT molecular complexity index is 834. The number of benzene rings is 2. The number of hydrogen-bond acceptors (Lipinski definition) is 4. The zero-order chi connectivity index (χ0) is 17.6. The van der Waals surface area contributed by atoms with Gasteiger partial charge in [0.1, 0.15) is 5.82 Å². The quantitative estimate of drug-likeness (QED) is 0.625. The van der Waals surface area contributed by atoms with Crippen molar-refractivity contribution < 1.29 is 9.18 Å². The van der Waals surface area contributed by atoms with Crippen molar-refractivity contribution >= 4 is 29.0 Å². The molecule has 0 saturated carbocycles. The van der Waals surface area contributed by atoms with Gasteiger partial charge in [-0.2, -0.15) is 0 Å². The smallest absolute Gasteiger partial charge is 0.230 e. The van der Waals surface area contributed by atoms with Crippen molar-refractivity contribution in [3.05, 3.63) is 71.4 Å². The van der Waals surface area contributed by atoms with E-state index in [0.29, 0.717) is 5.75 Å². The van der Waals surface area contributed by atoms with Crippen molar-refractivity contribution in [1.29, 1.82) is 0 Å². The SMILES string of the molecule is CC(NC(=O)CSc1nc(-c2ccc(F)cc2)cs1)c1ccccc1. The first-order chi connectivity index (χ1) is 12.1. The summed E-state index contributed by atoms with van der Waals surface area (Å²) in [7, 11) is 0. The topological polar surface area (TPSA) is 42.0 Å². The van der Waals surface area contributed by atoms with Crippen LogP contribution in [0.2, 0.25) is 0 Å². The third-order valence-electron chi connectivity index (χ3n) is 3.63. The molecule has 0 aliphatic rings. The largest absolute Gasteiger partial charge is 0.349 e. The minimum absolute atomic E-state index is 0.0274. The van der Waals surface area contributed by atoms with Crippen molar-refractivity contribution in [2.24, 2.45) is 0 Å². The van der Waals surface area contributed by atoms with Gasteiger partial charge in [0.25, 0.3) is 0 Å². The monoisotopic (exact) mass is 372 g/mol. The highest BCUT2D eigenvalue weighted by Crippen LogP contribution is 2.28. The molecule has 6 heteroatoms. The molecule has 1 heterocycles. The predicted octanol–water partition coefficient (Wildman–Crippen LogP) is 4.92. The predicted molar refractivity (Wildman–Crippen MR) is 101 cm³/mol. The standard InChI is InChI=1S/C19H17FN2OS2/c1-13(14-5-3-2-4-6-14)21-18(23)12-25-19-22-17(11-24-19)15-7-9-16(20)10-8-15/h2-11,13H,12H2,1H3,(H,21,23). The van der Waals surface area contributed by atoms with Gasteiger partial charge in [0.2, 0.25) is 5.91 Å². The number of carbonyl (C=O) groups excluding carboxylic acids is 1. The lowest BCUT2D eigenvalue weighted by atomic mass is 10.1. The van der Waals surface area contributed by atoms with Crippen LogP contribution in [0.5, 0.6) is 0 Å². The van der Waals surface area contributed by atoms with Crippen LogP contribution in [0, 0.1) is 5.82 Å². The first-order valence-electron chi connectivity index (χ1n) is 7.80. The number of aromatic nitrogens is 1. The summed E-state index contributed by atoms with van der Waals surface area (Å²) in [5.74, 6) is 0.0192. The van der Waals surface area contributed by atoms with Gasteiger partial charge in [0.15, 0.2) is 4.34 Å². The Kier molecular flexibility index (Phi) is 5.83. The number of hydrogen-bond donors (Lipinski definition) is 1. The maximum atomic E-state index is 13.0. The average molecular weight is 372 g/mol. The molecule has 25 heavy (non-hydrogen) atoms. The van der Waals surface area contributed by atoms with Crippen LogP contribution in [0.3, 0.4) is 0 Å². The summed E-state index contributed by atoms with van der Waals surface area (Å²) in [6.07, 6.45) is 0. The van der Waals surface area contributed by atoms with E-state index in [4.69, 9.17) is 0 Å². The summed E-state index contributed by atoms with van der Waals surface area (Å²) in [4.78, 5) is 16.6. The molecule has 3 nitrogen and oxygen atoms in total. The molecular weight excluding hydrogens is 355 g/mol. The van der Waals surface area contributed by atoms with Crippen molar-refractivity contribution in [2.75, 3.05) is 5.75 Å². The fraction of sp³-hybridized carbons (Fsp3) is 0.158. The molecule has 1 unspecified atom stereocenters. The first-order valence-corrected chi connectivity index (χ1v) is 9.67. The molecule has 1 aromatic heterocycles. The Morgan fingerprint density at radius 2 is 1.92 bits per heavy atom. The van der Waals surface area contributed by atoms with Gasteiger partial charge in [0.05, 0.1) is 17.5 Å². The Labute approximate surface area is 154 Å². The number of nitrogens with zero attached hydrogens (tertiary/aromatic N) is 1. The normalized spacial score (nSPS) is 11.9. The zero-order valence-electron chi connectivity index (χ0n) is 13.6. The van der Waals surface area contributed by atoms with E-state index in [2.05, 4.69) is 10.3 Å². The molecule has 128 valence electrons. The molecule has 1 N–H and O–H groups in total. The average Bonchev–Trinajstić information content (AvgIpc) is 3.10. The van der Waals surface area contributed by atoms with Crippen LogP contribution in [0.25, 0.3) is 11.3 Å². The van der Waals surface area contributed by atoms with Crippen LogP contribution >= 0.6 is 23.1 Å². The highest BCUT2D eigenvalue weighted by Gasteiger charge is 2.11. The lowest BCUT2D eigenvalue weighted by molar-refractivity contribution is -0.119. The number of amides is 1. The molecule has 0 spiro atoms. The molecule has 0 aliphatic heterocycles. The molecule has 0 fully saturated rings. The third kappa shape index (κ3) is 4.90. The number of rotatable bonds is 6. The van der Waals surface area contributed by atoms with Crippen LogP contribution < -0.4 is 5.32 Å². The molecule has 1 atom stereocenters. The molecule has 0 bridgehead atoms. The lowest BCUT2D eigenvalue weighted by Gasteiger charge is -2.13. The van der Waals surface area contributed by atoms with Gasteiger partial charge in [-0.05, 0) is 36.8 Å². The minimum atomic E-state index is -0.266. The highest BCUT2D eigenvalue weighted by atomic mass is 32.2. The summed E-state index contributed by atoms with van der Waals surface area (Å²) in [5, 5.41) is 4.90. The van der Waals surface area contributed by atoms with E-state index >= 15 is 0 Å². The number of carbonyl (C=O) groups is 1. The number of nitrogens with one attached hydrogen (secondary N) is 1. The highest BCUT2D eigenvalue weighted by molar-refractivity contribution is 8.01. The van der Waals surface area contributed by atoms with Crippen molar-refractivity contribution in [2.45, 2.75) is 17.3 Å². The summed E-state index contributed by atoms with van der Waals surface area (Å²) in [5.41, 5.74) is 2.74. The van der Waals surface area contributed by atoms with Gasteiger partial charge < -0.3 is 5.32 Å². The van der Waals surface area contributed by atoms with Gasteiger partial charge in [-0.3, -0.25) is 4.79 Å². The van der Waals surface area contributed by atoms with Gasteiger partial charge in [-0.1, -0.05) is 42.1 Å². The van der Waals surface area contributed by atoms with Gasteiger partial charge >= 0.3 is 0 Å². The van der Waals surface area contributed by atoms with Crippen LogP contribution in [0.15, 0.2) is 64.3 Å². The second-order valence-corrected chi connectivity index (χ2v) is 7.57. The van der Waals surface area contributed by atoms with Crippen LogP contribution in [-0.2, 0) is 4.79 Å². The molecule has 1 amide bonds. The van der Waals surface area contributed by atoms with Crippen LogP contribution in [-0.4, -0.2) is 16.6 Å². The Hall–Kier alpha value is -2.18. The van der Waals surface area contributed by atoms with Crippen molar-refractivity contribution in [1.82, 2.24) is 10.3 Å². The van der Waals surface area contributed by atoms with Crippen LogP contribution in [0.1, 0.15) is 18.5 Å². The third-order valence-corrected chi connectivity index (χ3v) is 5.65. The zero-order valence-corrected chi connectivity index (χ0v) is 15.2. The fourth-order valence-corrected chi connectivity index (χ4v) is 3.96. The molecular formula is C19H17FN2OS2. The Morgan fingerprint density at radius 1 is 1.20 bits per heavy atom. The van der Waals surface area contributed by atoms with Gasteiger partial charge in [0, 0.05) is 10.9 Å². The van der Waals surface area contributed by atoms with E-state index in [1.54, 1.807) is 12.1 Å². The Balaban J connectivity index is 1.53. The number of halogens is 1. The maximum Gasteiger partial charge on any atom is 0.230 e. The second-order valence-electron chi connectivity index (χ2n) is 5.49. The van der Waals surface area contributed by atoms with E-state index in [1.165, 1.54) is 35.2 Å². The van der Waals surface area contributed by atoms with E-state index in [1.807, 2.05) is 42.6 Å². The van der Waals surface area contributed by atoms with E-state index in [0.717, 1.165) is 21.2 Å². The summed E-state index contributed by atoms with van der Waals surface area (Å²) in [6.45, 7) is 1.97. The van der Waals surface area contributed by atoms with Crippen molar-refractivity contribution in [3.63, 3.8) is 0 Å².